The third-order valence-corrected chi connectivity index (χ3v) is 2.15. The zero-order chi connectivity index (χ0) is 9.26. The number of ether oxygens (including phenoxy) is 1. The Morgan fingerprint density at radius 2 is 2.62 bits per heavy atom. The smallest absolute Gasteiger partial charge is 0.237 e. The van der Waals surface area contributed by atoms with Crippen molar-refractivity contribution in [1.82, 2.24) is 4.98 Å². The quantitative estimate of drug-likeness (QED) is 0.681. The van der Waals surface area contributed by atoms with Gasteiger partial charge in [-0.3, -0.25) is 0 Å². The summed E-state index contributed by atoms with van der Waals surface area (Å²) in [6.07, 6.45) is 2.64. The van der Waals surface area contributed by atoms with E-state index in [9.17, 15) is 0 Å². The highest BCUT2D eigenvalue weighted by molar-refractivity contribution is 5.60. The van der Waals surface area contributed by atoms with Crippen molar-refractivity contribution in [2.75, 3.05) is 17.7 Å². The first-order chi connectivity index (χ1) is 6.29. The van der Waals surface area contributed by atoms with Crippen molar-refractivity contribution in [1.29, 1.82) is 0 Å². The number of nitrogens with zero attached hydrogens (tertiary/aromatic N) is 1. The molecule has 1 atom stereocenters. The van der Waals surface area contributed by atoms with E-state index >= 15 is 0 Å². The number of pyridine rings is 1. The van der Waals surface area contributed by atoms with Crippen LogP contribution in [0.1, 0.15) is 13.3 Å². The molecular formula is C9H13N3O. The lowest BCUT2D eigenvalue weighted by Crippen LogP contribution is -2.31. The Morgan fingerprint density at radius 1 is 1.77 bits per heavy atom. The van der Waals surface area contributed by atoms with Crippen LogP contribution in [0.2, 0.25) is 0 Å². The average molecular weight is 179 g/mol. The zero-order valence-electron chi connectivity index (χ0n) is 7.58. The van der Waals surface area contributed by atoms with Crippen molar-refractivity contribution in [2.45, 2.75) is 19.4 Å². The van der Waals surface area contributed by atoms with E-state index in [1.807, 2.05) is 6.07 Å². The number of rotatable bonds is 1. The van der Waals surface area contributed by atoms with E-state index in [-0.39, 0.29) is 0 Å². The van der Waals surface area contributed by atoms with E-state index in [1.165, 1.54) is 0 Å². The van der Waals surface area contributed by atoms with E-state index in [0.717, 1.165) is 12.1 Å². The minimum Gasteiger partial charge on any atom is -0.474 e. The highest BCUT2D eigenvalue weighted by atomic mass is 16.5. The van der Waals surface area contributed by atoms with Gasteiger partial charge in [0.2, 0.25) is 5.88 Å². The van der Waals surface area contributed by atoms with Gasteiger partial charge in [0, 0.05) is 0 Å². The minimum absolute atomic E-state index is 0.371. The number of hydrogen-bond acceptors (Lipinski definition) is 4. The minimum atomic E-state index is 0.371. The monoisotopic (exact) mass is 179 g/mol. The summed E-state index contributed by atoms with van der Waals surface area (Å²) >= 11 is 0. The van der Waals surface area contributed by atoms with Gasteiger partial charge in [0.15, 0.2) is 0 Å². The van der Waals surface area contributed by atoms with Gasteiger partial charge < -0.3 is 15.8 Å². The number of fused-ring (bicyclic) bond motifs is 1. The fourth-order valence-electron chi connectivity index (χ4n) is 1.35. The Kier molecular flexibility index (Phi) is 1.96. The van der Waals surface area contributed by atoms with Gasteiger partial charge >= 0.3 is 0 Å². The summed E-state index contributed by atoms with van der Waals surface area (Å²) in [4.78, 5) is 4.08. The molecular weight excluding hydrogens is 166 g/mol. The van der Waals surface area contributed by atoms with Gasteiger partial charge in [0.1, 0.15) is 6.61 Å². The van der Waals surface area contributed by atoms with E-state index in [4.69, 9.17) is 10.5 Å². The summed E-state index contributed by atoms with van der Waals surface area (Å²) in [5, 5.41) is 3.32. The molecule has 13 heavy (non-hydrogen) atoms. The molecule has 0 spiro atoms. The number of nitrogens with one attached hydrogen (secondary N) is 1. The number of aromatic nitrogens is 1. The van der Waals surface area contributed by atoms with E-state index < -0.39 is 0 Å². The first-order valence-corrected chi connectivity index (χ1v) is 4.44. The van der Waals surface area contributed by atoms with Gasteiger partial charge in [-0.2, -0.15) is 0 Å². The summed E-state index contributed by atoms with van der Waals surface area (Å²) in [6.45, 7) is 2.80. The van der Waals surface area contributed by atoms with Crippen LogP contribution in [0.25, 0.3) is 0 Å². The summed E-state index contributed by atoms with van der Waals surface area (Å²) < 4.78 is 5.45. The molecule has 0 amide bonds. The van der Waals surface area contributed by atoms with Gasteiger partial charge in [-0.05, 0) is 12.5 Å². The van der Waals surface area contributed by atoms with Crippen LogP contribution in [0, 0.1) is 0 Å². The van der Waals surface area contributed by atoms with Crippen molar-refractivity contribution in [2.24, 2.45) is 0 Å². The van der Waals surface area contributed by atoms with Crippen molar-refractivity contribution in [3.05, 3.63) is 12.3 Å². The van der Waals surface area contributed by atoms with Gasteiger partial charge in [0.25, 0.3) is 0 Å². The molecule has 0 aliphatic carbocycles. The molecule has 1 aliphatic rings. The van der Waals surface area contributed by atoms with Gasteiger partial charge in [-0.15, -0.1) is 0 Å². The van der Waals surface area contributed by atoms with Crippen LogP contribution in [-0.2, 0) is 0 Å². The molecule has 0 fully saturated rings. The number of hydrogen-bond donors (Lipinski definition) is 2. The molecule has 4 nitrogen and oxygen atoms in total. The molecule has 0 unspecified atom stereocenters. The molecule has 0 saturated carbocycles. The second-order valence-electron chi connectivity index (χ2n) is 3.18. The highest BCUT2D eigenvalue weighted by Gasteiger charge is 2.17. The molecule has 0 bridgehead atoms. The first-order valence-electron chi connectivity index (χ1n) is 4.44. The van der Waals surface area contributed by atoms with Crippen molar-refractivity contribution < 1.29 is 4.74 Å². The fraction of sp³-hybridized carbons (Fsp3) is 0.444. The van der Waals surface area contributed by atoms with Crippen LogP contribution >= 0.6 is 0 Å². The molecule has 3 N–H and O–H groups in total. The summed E-state index contributed by atoms with van der Waals surface area (Å²) in [5.74, 6) is 0.652. The summed E-state index contributed by atoms with van der Waals surface area (Å²) in [5.41, 5.74) is 7.17. The first kappa shape index (κ1) is 8.16. The van der Waals surface area contributed by atoms with Crippen molar-refractivity contribution >= 4 is 11.4 Å². The molecule has 70 valence electrons. The number of anilines is 2. The lowest BCUT2D eigenvalue weighted by Gasteiger charge is -2.25. The Labute approximate surface area is 77.1 Å². The van der Waals surface area contributed by atoms with E-state index in [1.54, 1.807) is 6.20 Å². The third kappa shape index (κ3) is 1.52. The predicted molar refractivity (Wildman–Crippen MR) is 51.8 cm³/mol. The second kappa shape index (κ2) is 3.12. The van der Waals surface area contributed by atoms with Crippen LogP contribution in [0.3, 0.4) is 0 Å². The summed E-state index contributed by atoms with van der Waals surface area (Å²) in [6, 6.07) is 2.22. The van der Waals surface area contributed by atoms with E-state index in [2.05, 4.69) is 17.2 Å². The van der Waals surface area contributed by atoms with Crippen LogP contribution in [-0.4, -0.2) is 17.6 Å². The summed E-state index contributed by atoms with van der Waals surface area (Å²) in [7, 11) is 0. The Hall–Kier alpha value is -1.45. The normalized spacial score (nSPS) is 19.9. The maximum absolute atomic E-state index is 5.61. The SMILES string of the molecule is CC[C@H]1COc2ncc(N)cc2N1. The fourth-order valence-corrected chi connectivity index (χ4v) is 1.35. The van der Waals surface area contributed by atoms with E-state index in [0.29, 0.717) is 24.2 Å². The average Bonchev–Trinajstić information content (AvgIpc) is 2.16. The molecule has 2 heterocycles. The zero-order valence-corrected chi connectivity index (χ0v) is 7.58. The van der Waals surface area contributed by atoms with Crippen LogP contribution in [0.5, 0.6) is 5.88 Å². The lowest BCUT2D eigenvalue weighted by molar-refractivity contribution is 0.271. The molecule has 0 saturated heterocycles. The third-order valence-electron chi connectivity index (χ3n) is 2.15. The molecule has 0 radical (unpaired) electrons. The second-order valence-corrected chi connectivity index (χ2v) is 3.18. The van der Waals surface area contributed by atoms with Crippen LogP contribution in [0.4, 0.5) is 11.4 Å². The standard InChI is InChI=1S/C9H13N3O/c1-2-7-5-13-9-8(12-7)3-6(10)4-11-9/h3-4,7,12H,2,5,10H2,1H3/t7-/m0/s1. The maximum Gasteiger partial charge on any atom is 0.237 e. The topological polar surface area (TPSA) is 60.2 Å². The van der Waals surface area contributed by atoms with Gasteiger partial charge in [-0.25, -0.2) is 4.98 Å². The predicted octanol–water partition coefficient (Wildman–Crippen LogP) is 1.25. The molecule has 1 aromatic heterocycles. The maximum atomic E-state index is 5.61. The van der Waals surface area contributed by atoms with Gasteiger partial charge in [-0.1, -0.05) is 6.92 Å². The van der Waals surface area contributed by atoms with Crippen molar-refractivity contribution in [3.8, 4) is 5.88 Å². The molecule has 2 rings (SSSR count). The Balaban J connectivity index is 2.27. The van der Waals surface area contributed by atoms with Crippen LogP contribution in [0.15, 0.2) is 12.3 Å². The number of nitrogens with two attached hydrogens (primary N) is 1. The molecule has 1 aliphatic heterocycles. The lowest BCUT2D eigenvalue weighted by atomic mass is 10.2. The Morgan fingerprint density at radius 3 is 3.38 bits per heavy atom. The largest absolute Gasteiger partial charge is 0.474 e. The molecule has 0 aromatic carbocycles. The molecule has 1 aromatic rings. The Bertz CT molecular complexity index is 314. The van der Waals surface area contributed by atoms with Crippen molar-refractivity contribution in [3.63, 3.8) is 0 Å². The van der Waals surface area contributed by atoms with Gasteiger partial charge in [0.05, 0.1) is 23.6 Å². The number of nitrogen functional groups attached to an aromatic ring is 1. The highest BCUT2D eigenvalue weighted by Crippen LogP contribution is 2.28. The molecule has 4 heteroatoms. The van der Waals surface area contributed by atoms with Crippen LogP contribution < -0.4 is 15.8 Å².